The van der Waals surface area contributed by atoms with Crippen molar-refractivity contribution in [1.82, 2.24) is 10.3 Å². The van der Waals surface area contributed by atoms with E-state index in [9.17, 15) is 5.11 Å². The van der Waals surface area contributed by atoms with Gasteiger partial charge in [-0.15, -0.1) is 0 Å². The van der Waals surface area contributed by atoms with Crippen molar-refractivity contribution in [2.45, 2.75) is 26.5 Å². The Morgan fingerprint density at radius 2 is 2.15 bits per heavy atom. The van der Waals surface area contributed by atoms with Crippen molar-refractivity contribution < 1.29 is 9.84 Å². The molecule has 1 aromatic heterocycles. The number of methoxy groups -OCH3 is 1. The maximum Gasteiger partial charge on any atom is 0.128 e. The third-order valence-corrected chi connectivity index (χ3v) is 2.93. The monoisotopic (exact) mass is 281 g/mol. The first-order chi connectivity index (χ1) is 9.52. The molecule has 1 aromatic rings. The zero-order chi connectivity index (χ0) is 15.0. The number of pyridine rings is 1. The van der Waals surface area contributed by atoms with Crippen molar-refractivity contribution in [2.24, 2.45) is 5.92 Å². The molecule has 1 unspecified atom stereocenters. The fraction of sp³-hybridized carbons (Fsp3) is 0.667. The predicted octanol–water partition coefficient (Wildman–Crippen LogP) is 1.27. The van der Waals surface area contributed by atoms with E-state index in [0.717, 1.165) is 18.9 Å². The number of hydrogen-bond acceptors (Lipinski definition) is 5. The van der Waals surface area contributed by atoms with Crippen molar-refractivity contribution in [3.8, 4) is 0 Å². The van der Waals surface area contributed by atoms with Crippen molar-refractivity contribution in [3.63, 3.8) is 0 Å². The zero-order valence-electron chi connectivity index (χ0n) is 13.0. The molecule has 20 heavy (non-hydrogen) atoms. The number of nitrogens with one attached hydrogen (secondary N) is 1. The van der Waals surface area contributed by atoms with Gasteiger partial charge in [0.15, 0.2) is 0 Å². The van der Waals surface area contributed by atoms with Crippen LogP contribution in [0.25, 0.3) is 0 Å². The van der Waals surface area contributed by atoms with Crippen LogP contribution in [0.2, 0.25) is 0 Å². The average molecular weight is 281 g/mol. The molecule has 0 aromatic carbocycles. The molecule has 0 aliphatic heterocycles. The summed E-state index contributed by atoms with van der Waals surface area (Å²) < 4.78 is 4.92. The van der Waals surface area contributed by atoms with Gasteiger partial charge in [0.1, 0.15) is 5.82 Å². The van der Waals surface area contributed by atoms with E-state index in [2.05, 4.69) is 30.2 Å². The molecule has 1 rings (SSSR count). The SMILES string of the molecule is COCC(O)CN(C)c1ccc(CNCC(C)C)cn1. The summed E-state index contributed by atoms with van der Waals surface area (Å²) in [6.07, 6.45) is 1.38. The highest BCUT2D eigenvalue weighted by Crippen LogP contribution is 2.10. The summed E-state index contributed by atoms with van der Waals surface area (Å²) in [5, 5.41) is 13.1. The predicted molar refractivity (Wildman–Crippen MR) is 81.9 cm³/mol. The van der Waals surface area contributed by atoms with Crippen molar-refractivity contribution in [1.29, 1.82) is 0 Å². The second kappa shape index (κ2) is 8.89. The Balaban J connectivity index is 2.44. The lowest BCUT2D eigenvalue weighted by atomic mass is 10.2. The highest BCUT2D eigenvalue weighted by atomic mass is 16.5. The Kier molecular flexibility index (Phi) is 7.51. The minimum atomic E-state index is -0.501. The van der Waals surface area contributed by atoms with Crippen LogP contribution in [0.4, 0.5) is 5.82 Å². The van der Waals surface area contributed by atoms with Crippen LogP contribution in [0.5, 0.6) is 0 Å². The Morgan fingerprint density at radius 3 is 2.70 bits per heavy atom. The number of nitrogens with zero attached hydrogens (tertiary/aromatic N) is 2. The number of ether oxygens (including phenoxy) is 1. The molecule has 0 bridgehead atoms. The summed E-state index contributed by atoms with van der Waals surface area (Å²) in [5.41, 5.74) is 1.17. The van der Waals surface area contributed by atoms with Gasteiger partial charge in [0.25, 0.3) is 0 Å². The van der Waals surface area contributed by atoms with Gasteiger partial charge in [0.05, 0.1) is 12.7 Å². The molecule has 114 valence electrons. The molecule has 0 spiro atoms. The molecule has 0 amide bonds. The van der Waals surface area contributed by atoms with Gasteiger partial charge in [-0.1, -0.05) is 19.9 Å². The normalized spacial score (nSPS) is 12.7. The molecule has 0 fully saturated rings. The topological polar surface area (TPSA) is 57.6 Å². The van der Waals surface area contributed by atoms with E-state index in [4.69, 9.17) is 4.74 Å². The second-order valence-electron chi connectivity index (χ2n) is 5.54. The molecular formula is C15H27N3O2. The highest BCUT2D eigenvalue weighted by Gasteiger charge is 2.09. The number of aliphatic hydroxyl groups is 1. The maximum absolute atomic E-state index is 9.70. The van der Waals surface area contributed by atoms with Gasteiger partial charge in [-0.25, -0.2) is 4.98 Å². The zero-order valence-corrected chi connectivity index (χ0v) is 13.0. The van der Waals surface area contributed by atoms with E-state index in [-0.39, 0.29) is 0 Å². The Hall–Kier alpha value is -1.17. The molecule has 0 radical (unpaired) electrons. The third kappa shape index (κ3) is 6.32. The van der Waals surface area contributed by atoms with Gasteiger partial charge in [-0.2, -0.15) is 0 Å². The summed E-state index contributed by atoms with van der Waals surface area (Å²) in [4.78, 5) is 6.35. The smallest absolute Gasteiger partial charge is 0.128 e. The van der Waals surface area contributed by atoms with E-state index in [1.165, 1.54) is 5.56 Å². The van der Waals surface area contributed by atoms with E-state index < -0.39 is 6.10 Å². The maximum atomic E-state index is 9.70. The van der Waals surface area contributed by atoms with Gasteiger partial charge in [0.2, 0.25) is 0 Å². The minimum absolute atomic E-state index is 0.335. The van der Waals surface area contributed by atoms with Crippen LogP contribution in [0.3, 0.4) is 0 Å². The molecule has 5 nitrogen and oxygen atoms in total. The van der Waals surface area contributed by atoms with Crippen molar-refractivity contribution >= 4 is 5.82 Å². The third-order valence-electron chi connectivity index (χ3n) is 2.93. The Labute approximate surface area is 122 Å². The number of likely N-dealkylation sites (N-methyl/N-ethyl adjacent to an activating group) is 1. The van der Waals surface area contributed by atoms with Crippen LogP contribution in [0.1, 0.15) is 19.4 Å². The van der Waals surface area contributed by atoms with Gasteiger partial charge in [-0.3, -0.25) is 0 Å². The summed E-state index contributed by atoms with van der Waals surface area (Å²) in [6, 6.07) is 4.04. The number of hydrogen-bond donors (Lipinski definition) is 2. The quantitative estimate of drug-likeness (QED) is 0.714. The fourth-order valence-electron chi connectivity index (χ4n) is 1.91. The summed E-state index contributed by atoms with van der Waals surface area (Å²) >= 11 is 0. The van der Waals surface area contributed by atoms with E-state index in [1.54, 1.807) is 7.11 Å². The lowest BCUT2D eigenvalue weighted by Gasteiger charge is -2.21. The van der Waals surface area contributed by atoms with Gasteiger partial charge >= 0.3 is 0 Å². The van der Waals surface area contributed by atoms with Crippen molar-refractivity contribution in [3.05, 3.63) is 23.9 Å². The molecule has 0 aliphatic rings. The van der Waals surface area contributed by atoms with Gasteiger partial charge in [0, 0.05) is 33.4 Å². The Bertz CT molecular complexity index is 368. The fourth-order valence-corrected chi connectivity index (χ4v) is 1.91. The number of aromatic nitrogens is 1. The molecule has 0 saturated carbocycles. The van der Waals surface area contributed by atoms with E-state index in [1.807, 2.05) is 24.2 Å². The summed E-state index contributed by atoms with van der Waals surface area (Å²) in [7, 11) is 3.50. The van der Waals surface area contributed by atoms with Crippen molar-refractivity contribution in [2.75, 3.05) is 38.8 Å². The molecule has 2 N–H and O–H groups in total. The summed E-state index contributed by atoms with van der Waals surface area (Å²) in [6.45, 7) is 7.06. The summed E-state index contributed by atoms with van der Waals surface area (Å²) in [5.74, 6) is 1.50. The molecule has 0 aliphatic carbocycles. The van der Waals surface area contributed by atoms with Crippen LogP contribution in [0, 0.1) is 5.92 Å². The average Bonchev–Trinajstić information content (AvgIpc) is 2.39. The molecule has 0 saturated heterocycles. The van der Waals surface area contributed by atoms with Crippen LogP contribution in [-0.2, 0) is 11.3 Å². The van der Waals surface area contributed by atoms with Gasteiger partial charge < -0.3 is 20.1 Å². The lowest BCUT2D eigenvalue weighted by Crippen LogP contribution is -2.32. The van der Waals surface area contributed by atoms with Gasteiger partial charge in [-0.05, 0) is 24.1 Å². The standard InChI is InChI=1S/C15H27N3O2/c1-12(2)7-16-8-13-5-6-15(17-9-13)18(3)10-14(19)11-20-4/h5-6,9,12,14,16,19H,7-8,10-11H2,1-4H3. The minimum Gasteiger partial charge on any atom is -0.389 e. The van der Waals surface area contributed by atoms with Crippen LogP contribution in [0.15, 0.2) is 18.3 Å². The first kappa shape index (κ1) is 16.9. The highest BCUT2D eigenvalue weighted by molar-refractivity contribution is 5.38. The number of aliphatic hydroxyl groups excluding tert-OH is 1. The Morgan fingerprint density at radius 1 is 1.40 bits per heavy atom. The second-order valence-corrected chi connectivity index (χ2v) is 5.54. The molecule has 1 atom stereocenters. The lowest BCUT2D eigenvalue weighted by molar-refractivity contribution is 0.0694. The number of anilines is 1. The first-order valence-corrected chi connectivity index (χ1v) is 7.06. The molecule has 1 heterocycles. The molecule has 5 heteroatoms. The van der Waals surface area contributed by atoms with Crippen LogP contribution >= 0.6 is 0 Å². The van der Waals surface area contributed by atoms with E-state index >= 15 is 0 Å². The largest absolute Gasteiger partial charge is 0.389 e. The van der Waals surface area contributed by atoms with E-state index in [0.29, 0.717) is 19.1 Å². The van der Waals surface area contributed by atoms with Crippen LogP contribution in [-0.4, -0.2) is 50.0 Å². The first-order valence-electron chi connectivity index (χ1n) is 7.06. The number of rotatable bonds is 9. The van der Waals surface area contributed by atoms with Crippen LogP contribution < -0.4 is 10.2 Å². The molecular weight excluding hydrogens is 254 g/mol.